The average molecular weight is 420 g/mol. The van der Waals surface area contributed by atoms with Crippen LogP contribution in [-0.4, -0.2) is 19.1 Å². The van der Waals surface area contributed by atoms with Crippen LogP contribution in [0, 0.1) is 6.92 Å². The summed E-state index contributed by atoms with van der Waals surface area (Å²) in [4.78, 5) is 15.1. The number of carbonyl (C=O) groups is 1. The Kier molecular flexibility index (Phi) is 4.30. The van der Waals surface area contributed by atoms with Gasteiger partial charge in [0, 0.05) is 29.8 Å². The molecule has 3 aromatic rings. The number of esters is 1. The quantitative estimate of drug-likeness (QED) is 0.483. The molecular weight excluding hydrogens is 398 g/mol. The number of fused-ring (bicyclic) bond motifs is 6. The van der Waals surface area contributed by atoms with E-state index in [1.165, 1.54) is 0 Å². The highest BCUT2D eigenvalue weighted by Crippen LogP contribution is 2.58. The molecule has 0 radical (unpaired) electrons. The van der Waals surface area contributed by atoms with Crippen LogP contribution in [0.4, 0.5) is 5.69 Å². The van der Waals surface area contributed by atoms with Crippen molar-refractivity contribution in [2.75, 3.05) is 18.0 Å². The second-order valence-corrected chi connectivity index (χ2v) is 8.04. The van der Waals surface area contributed by atoms with Gasteiger partial charge in [-0.2, -0.15) is 0 Å². The normalized spacial score (nSPS) is 18.3. The molecule has 3 aromatic carbocycles. The number of nitrogens with zero attached hydrogens (tertiary/aromatic N) is 1. The predicted molar refractivity (Wildman–Crippen MR) is 118 cm³/mol. The van der Waals surface area contributed by atoms with Crippen LogP contribution < -0.4 is 9.64 Å². The lowest BCUT2D eigenvalue weighted by atomic mass is 9.77. The van der Waals surface area contributed by atoms with E-state index in [1.54, 1.807) is 0 Å². The zero-order valence-electron chi connectivity index (χ0n) is 17.2. The number of carbonyl (C=O) groups excluding carboxylic acids is 1. The van der Waals surface area contributed by atoms with Crippen LogP contribution in [0.1, 0.15) is 46.5 Å². The van der Waals surface area contributed by atoms with Crippen molar-refractivity contribution in [1.82, 2.24) is 0 Å². The molecule has 2 aliphatic rings. The van der Waals surface area contributed by atoms with Crippen LogP contribution in [0.2, 0.25) is 5.02 Å². The number of hydrogen-bond acceptors (Lipinski definition) is 4. The lowest BCUT2D eigenvalue weighted by Gasteiger charge is -2.38. The molecule has 0 N–H and O–H groups in total. The zero-order chi connectivity index (χ0) is 21.0. The summed E-state index contributed by atoms with van der Waals surface area (Å²) in [5, 5.41) is 0.530. The average Bonchev–Trinajstić information content (AvgIpc) is 3.05. The summed E-state index contributed by atoms with van der Waals surface area (Å²) >= 11 is 6.89. The maximum Gasteiger partial charge on any atom is 0.340 e. The van der Waals surface area contributed by atoms with Gasteiger partial charge >= 0.3 is 5.97 Å². The minimum atomic E-state index is -1.08. The van der Waals surface area contributed by atoms with E-state index in [0.29, 0.717) is 22.1 Å². The molecule has 5 rings (SSSR count). The van der Waals surface area contributed by atoms with Crippen molar-refractivity contribution in [3.8, 4) is 11.5 Å². The van der Waals surface area contributed by atoms with Crippen LogP contribution in [-0.2, 0) is 10.3 Å². The van der Waals surface area contributed by atoms with Gasteiger partial charge < -0.3 is 14.4 Å². The number of ether oxygens (including phenoxy) is 2. The largest absolute Gasteiger partial charge is 0.455 e. The molecule has 0 saturated heterocycles. The second kappa shape index (κ2) is 6.78. The number of anilines is 1. The summed E-state index contributed by atoms with van der Waals surface area (Å²) in [5.74, 6) is 0.855. The number of aryl methyl sites for hydroxylation is 1. The van der Waals surface area contributed by atoms with Crippen LogP contribution in [0.25, 0.3) is 0 Å². The number of rotatable bonds is 3. The maximum atomic E-state index is 12.9. The molecular formula is C25H22ClNO3. The van der Waals surface area contributed by atoms with Gasteiger partial charge in [0.25, 0.3) is 0 Å². The first-order chi connectivity index (χ1) is 14.5. The number of benzene rings is 3. The summed E-state index contributed by atoms with van der Waals surface area (Å²) in [6, 6.07) is 17.5. The Bertz CT molecular complexity index is 1190. The maximum absolute atomic E-state index is 12.9. The first-order valence-electron chi connectivity index (χ1n) is 10.2. The highest BCUT2D eigenvalue weighted by atomic mass is 35.5. The van der Waals surface area contributed by atoms with Crippen molar-refractivity contribution < 1.29 is 14.3 Å². The molecule has 0 aromatic heterocycles. The van der Waals surface area contributed by atoms with Gasteiger partial charge in [0.2, 0.25) is 0 Å². The van der Waals surface area contributed by atoms with Gasteiger partial charge in [0.05, 0.1) is 11.3 Å². The smallest absolute Gasteiger partial charge is 0.340 e. The topological polar surface area (TPSA) is 38.8 Å². The van der Waals surface area contributed by atoms with Crippen molar-refractivity contribution in [2.45, 2.75) is 26.4 Å². The fourth-order valence-corrected chi connectivity index (χ4v) is 4.93. The molecule has 5 heteroatoms. The molecule has 152 valence electrons. The molecule has 0 amide bonds. The Hall–Kier alpha value is -2.98. The SMILES string of the molecule is CCN(CC)c1ccc2c(c1Cl)Oc1ccc(C)cc1C21OC(=O)c2ccccc21. The van der Waals surface area contributed by atoms with Gasteiger partial charge in [0.15, 0.2) is 11.4 Å². The molecule has 0 saturated carbocycles. The van der Waals surface area contributed by atoms with E-state index >= 15 is 0 Å². The molecule has 0 fully saturated rings. The van der Waals surface area contributed by atoms with Crippen LogP contribution >= 0.6 is 11.6 Å². The van der Waals surface area contributed by atoms with Crippen molar-refractivity contribution in [2.24, 2.45) is 0 Å². The summed E-state index contributed by atoms with van der Waals surface area (Å²) < 4.78 is 12.5. The highest BCUT2D eigenvalue weighted by molar-refractivity contribution is 6.35. The van der Waals surface area contributed by atoms with E-state index in [2.05, 4.69) is 18.7 Å². The molecule has 0 aliphatic carbocycles. The Balaban J connectivity index is 1.85. The summed E-state index contributed by atoms with van der Waals surface area (Å²) in [7, 11) is 0. The summed E-state index contributed by atoms with van der Waals surface area (Å²) in [5.41, 5.74) is 3.85. The lowest BCUT2D eigenvalue weighted by molar-refractivity contribution is 0.0224. The predicted octanol–water partition coefficient (Wildman–Crippen LogP) is 6.06. The molecule has 4 nitrogen and oxygen atoms in total. The van der Waals surface area contributed by atoms with E-state index in [9.17, 15) is 4.79 Å². The minimum absolute atomic E-state index is 0.338. The van der Waals surface area contributed by atoms with Gasteiger partial charge in [-0.15, -0.1) is 0 Å². The van der Waals surface area contributed by atoms with Gasteiger partial charge in [-0.1, -0.05) is 41.4 Å². The van der Waals surface area contributed by atoms with Gasteiger partial charge in [-0.3, -0.25) is 0 Å². The molecule has 1 spiro atoms. The molecule has 2 aliphatic heterocycles. The molecule has 2 heterocycles. The molecule has 1 atom stereocenters. The van der Waals surface area contributed by atoms with Crippen LogP contribution in [0.3, 0.4) is 0 Å². The number of halogens is 1. The first-order valence-corrected chi connectivity index (χ1v) is 10.6. The molecule has 0 bridgehead atoms. The third-order valence-corrected chi connectivity index (χ3v) is 6.42. The highest BCUT2D eigenvalue weighted by Gasteiger charge is 2.54. The van der Waals surface area contributed by atoms with E-state index in [4.69, 9.17) is 21.1 Å². The fraction of sp³-hybridized carbons (Fsp3) is 0.240. The van der Waals surface area contributed by atoms with E-state index in [1.807, 2.05) is 61.5 Å². The second-order valence-electron chi connectivity index (χ2n) is 7.67. The van der Waals surface area contributed by atoms with E-state index in [-0.39, 0.29) is 5.97 Å². The van der Waals surface area contributed by atoms with Crippen molar-refractivity contribution in [3.63, 3.8) is 0 Å². The molecule has 30 heavy (non-hydrogen) atoms. The fourth-order valence-electron chi connectivity index (χ4n) is 4.61. The molecule has 1 unspecified atom stereocenters. The van der Waals surface area contributed by atoms with E-state index < -0.39 is 5.60 Å². The van der Waals surface area contributed by atoms with Crippen molar-refractivity contribution in [3.05, 3.63) is 87.4 Å². The van der Waals surface area contributed by atoms with E-state index in [0.717, 1.165) is 41.0 Å². The summed E-state index contributed by atoms with van der Waals surface area (Å²) in [6.45, 7) is 7.85. The van der Waals surface area contributed by atoms with Crippen molar-refractivity contribution >= 4 is 23.3 Å². The van der Waals surface area contributed by atoms with Crippen molar-refractivity contribution in [1.29, 1.82) is 0 Å². The monoisotopic (exact) mass is 419 g/mol. The standard InChI is InChI=1S/C25H22ClNO3/c1-4-27(5-2)20-12-11-18-23(22(20)26)29-21-13-10-15(3)14-19(21)25(18)17-9-7-6-8-16(17)24(28)30-25/h6-14H,4-5H2,1-3H3. The minimum Gasteiger partial charge on any atom is -0.455 e. The Morgan fingerprint density at radius 2 is 1.73 bits per heavy atom. The Morgan fingerprint density at radius 3 is 2.50 bits per heavy atom. The lowest BCUT2D eigenvalue weighted by Crippen LogP contribution is -2.33. The van der Waals surface area contributed by atoms with Gasteiger partial charge in [-0.05, 0) is 51.1 Å². The first kappa shape index (κ1) is 19.0. The summed E-state index contributed by atoms with van der Waals surface area (Å²) in [6.07, 6.45) is 0. The van der Waals surface area contributed by atoms with Gasteiger partial charge in [-0.25, -0.2) is 4.79 Å². The third kappa shape index (κ3) is 2.43. The third-order valence-electron chi connectivity index (χ3n) is 6.06. The van der Waals surface area contributed by atoms with Crippen LogP contribution in [0.5, 0.6) is 11.5 Å². The Morgan fingerprint density at radius 1 is 0.967 bits per heavy atom. The zero-order valence-corrected chi connectivity index (χ0v) is 17.9. The Labute approximate surface area is 181 Å². The number of hydrogen-bond donors (Lipinski definition) is 0. The van der Waals surface area contributed by atoms with Crippen LogP contribution in [0.15, 0.2) is 54.6 Å². The van der Waals surface area contributed by atoms with Gasteiger partial charge in [0.1, 0.15) is 10.8 Å².